The lowest BCUT2D eigenvalue weighted by atomic mass is 9.92. The van der Waals surface area contributed by atoms with Gasteiger partial charge >= 0.3 is 0 Å². The Morgan fingerprint density at radius 1 is 1.35 bits per heavy atom. The number of ether oxygens (including phenoxy) is 1. The van der Waals surface area contributed by atoms with Crippen LogP contribution in [-0.4, -0.2) is 12.5 Å². The van der Waals surface area contributed by atoms with Gasteiger partial charge in [-0.15, -0.1) is 11.3 Å². The Morgan fingerprint density at radius 2 is 2.22 bits per heavy atom. The zero-order valence-electron chi connectivity index (χ0n) is 12.6. The number of amides is 1. The number of para-hydroxylation sites is 1. The standard InChI is InChI=1S/C18H16N2O2S/c19-10-14-12-5-3-7-16(12)23-18(14)20-17(21)13-8-9-22-15-6-2-1-4-11(13)15/h1-2,4,6,13H,3,5,7-9H2,(H,20,21)/t13-/m1/s1. The molecular formula is C18H16N2O2S. The molecule has 5 heteroatoms. The molecule has 0 saturated heterocycles. The monoisotopic (exact) mass is 324 g/mol. The first-order chi connectivity index (χ1) is 11.3. The minimum atomic E-state index is -0.219. The van der Waals surface area contributed by atoms with E-state index >= 15 is 0 Å². The van der Waals surface area contributed by atoms with Gasteiger partial charge in [0.15, 0.2) is 0 Å². The van der Waals surface area contributed by atoms with Gasteiger partial charge in [0.2, 0.25) is 5.91 Å². The number of carbonyl (C=O) groups excluding carboxylic acids is 1. The van der Waals surface area contributed by atoms with Crippen LogP contribution in [0.5, 0.6) is 5.75 Å². The van der Waals surface area contributed by atoms with E-state index in [1.54, 1.807) is 11.3 Å². The lowest BCUT2D eigenvalue weighted by Gasteiger charge is -2.24. The number of hydrogen-bond acceptors (Lipinski definition) is 4. The Labute approximate surface area is 138 Å². The van der Waals surface area contributed by atoms with Crippen molar-refractivity contribution in [1.29, 1.82) is 5.26 Å². The molecule has 0 radical (unpaired) electrons. The van der Waals surface area contributed by atoms with Crippen LogP contribution in [-0.2, 0) is 17.6 Å². The number of benzene rings is 1. The minimum absolute atomic E-state index is 0.0443. The lowest BCUT2D eigenvalue weighted by molar-refractivity contribution is -0.118. The second kappa shape index (κ2) is 5.71. The number of nitriles is 1. The lowest BCUT2D eigenvalue weighted by Crippen LogP contribution is -2.26. The predicted octanol–water partition coefficient (Wildman–Crippen LogP) is 3.61. The van der Waals surface area contributed by atoms with Crippen LogP contribution in [0.3, 0.4) is 0 Å². The Kier molecular flexibility index (Phi) is 3.55. The SMILES string of the molecule is N#Cc1c(NC(=O)[C@@H]2CCOc3ccccc32)sc2c1CCC2. The molecule has 0 saturated carbocycles. The highest BCUT2D eigenvalue weighted by Gasteiger charge is 2.29. The zero-order chi connectivity index (χ0) is 15.8. The summed E-state index contributed by atoms with van der Waals surface area (Å²) in [7, 11) is 0. The van der Waals surface area contributed by atoms with Gasteiger partial charge in [0, 0.05) is 10.4 Å². The van der Waals surface area contributed by atoms with Crippen molar-refractivity contribution < 1.29 is 9.53 Å². The van der Waals surface area contributed by atoms with Gasteiger partial charge in [-0.2, -0.15) is 5.26 Å². The summed E-state index contributed by atoms with van der Waals surface area (Å²) in [6, 6.07) is 9.95. The van der Waals surface area contributed by atoms with Crippen LogP contribution in [0, 0.1) is 11.3 Å². The predicted molar refractivity (Wildman–Crippen MR) is 89.0 cm³/mol. The number of fused-ring (bicyclic) bond motifs is 2. The average Bonchev–Trinajstić information content (AvgIpc) is 3.14. The normalized spacial score (nSPS) is 18.5. The summed E-state index contributed by atoms with van der Waals surface area (Å²) in [5, 5.41) is 13.2. The second-order valence-electron chi connectivity index (χ2n) is 5.89. The molecular weight excluding hydrogens is 308 g/mol. The van der Waals surface area contributed by atoms with Crippen LogP contribution in [0.25, 0.3) is 0 Å². The van der Waals surface area contributed by atoms with E-state index in [4.69, 9.17) is 4.74 Å². The molecule has 116 valence electrons. The van der Waals surface area contributed by atoms with Crippen molar-refractivity contribution in [3.63, 3.8) is 0 Å². The molecule has 1 aromatic carbocycles. The fourth-order valence-electron chi connectivity index (χ4n) is 3.42. The highest BCUT2D eigenvalue weighted by Crippen LogP contribution is 2.40. The third kappa shape index (κ3) is 2.40. The fourth-order valence-corrected chi connectivity index (χ4v) is 4.67. The smallest absolute Gasteiger partial charge is 0.232 e. The van der Waals surface area contributed by atoms with Gasteiger partial charge < -0.3 is 10.1 Å². The van der Waals surface area contributed by atoms with Crippen LogP contribution in [0.2, 0.25) is 0 Å². The molecule has 1 aliphatic carbocycles. The van der Waals surface area contributed by atoms with E-state index in [9.17, 15) is 10.1 Å². The molecule has 1 aliphatic heterocycles. The highest BCUT2D eigenvalue weighted by atomic mass is 32.1. The van der Waals surface area contributed by atoms with Gasteiger partial charge in [-0.05, 0) is 37.3 Å². The molecule has 4 rings (SSSR count). The number of thiophene rings is 1. The summed E-state index contributed by atoms with van der Waals surface area (Å²) >= 11 is 1.56. The summed E-state index contributed by atoms with van der Waals surface area (Å²) in [6.45, 7) is 0.543. The first-order valence-electron chi connectivity index (χ1n) is 7.85. The first kappa shape index (κ1) is 14.3. The summed E-state index contributed by atoms with van der Waals surface area (Å²) in [5.74, 6) is 0.522. The molecule has 1 N–H and O–H groups in total. The van der Waals surface area contributed by atoms with Crippen molar-refractivity contribution >= 4 is 22.2 Å². The number of rotatable bonds is 2. The Bertz CT molecular complexity index is 819. The molecule has 0 unspecified atom stereocenters. The summed E-state index contributed by atoms with van der Waals surface area (Å²) in [4.78, 5) is 14.0. The summed E-state index contributed by atoms with van der Waals surface area (Å²) in [6.07, 6.45) is 3.74. The maximum atomic E-state index is 12.8. The first-order valence-corrected chi connectivity index (χ1v) is 8.67. The largest absolute Gasteiger partial charge is 0.493 e. The maximum absolute atomic E-state index is 12.8. The average molecular weight is 324 g/mol. The van der Waals surface area contributed by atoms with E-state index < -0.39 is 0 Å². The molecule has 2 heterocycles. The Hall–Kier alpha value is -2.32. The third-order valence-electron chi connectivity index (χ3n) is 4.54. The fraction of sp³-hybridized carbons (Fsp3) is 0.333. The van der Waals surface area contributed by atoms with Gasteiger partial charge in [-0.25, -0.2) is 0 Å². The highest BCUT2D eigenvalue weighted by molar-refractivity contribution is 7.16. The van der Waals surface area contributed by atoms with Crippen LogP contribution in [0.1, 0.15) is 40.3 Å². The van der Waals surface area contributed by atoms with Gasteiger partial charge in [0.25, 0.3) is 0 Å². The van der Waals surface area contributed by atoms with E-state index in [-0.39, 0.29) is 11.8 Å². The maximum Gasteiger partial charge on any atom is 0.232 e. The number of hydrogen-bond donors (Lipinski definition) is 1. The van der Waals surface area contributed by atoms with Crippen molar-refractivity contribution in [1.82, 2.24) is 0 Å². The third-order valence-corrected chi connectivity index (χ3v) is 5.75. The van der Waals surface area contributed by atoms with Crippen LogP contribution < -0.4 is 10.1 Å². The van der Waals surface area contributed by atoms with Crippen molar-refractivity contribution in [2.24, 2.45) is 0 Å². The minimum Gasteiger partial charge on any atom is -0.493 e. The topological polar surface area (TPSA) is 62.1 Å². The van der Waals surface area contributed by atoms with Gasteiger partial charge in [0.1, 0.15) is 16.8 Å². The molecule has 1 aromatic heterocycles. The van der Waals surface area contributed by atoms with Crippen molar-refractivity contribution in [3.05, 3.63) is 45.8 Å². The molecule has 0 fully saturated rings. The van der Waals surface area contributed by atoms with E-state index in [1.165, 1.54) is 4.88 Å². The number of anilines is 1. The van der Waals surface area contributed by atoms with Crippen molar-refractivity contribution in [3.8, 4) is 11.8 Å². The summed E-state index contributed by atoms with van der Waals surface area (Å²) in [5.41, 5.74) is 2.73. The number of carbonyl (C=O) groups is 1. The molecule has 2 aromatic rings. The van der Waals surface area contributed by atoms with Gasteiger partial charge in [-0.1, -0.05) is 18.2 Å². The van der Waals surface area contributed by atoms with E-state index in [1.807, 2.05) is 24.3 Å². The second-order valence-corrected chi connectivity index (χ2v) is 7.00. The number of nitrogens with zero attached hydrogens (tertiary/aromatic N) is 1. The van der Waals surface area contributed by atoms with Gasteiger partial charge in [-0.3, -0.25) is 4.79 Å². The van der Waals surface area contributed by atoms with Crippen molar-refractivity contribution in [2.45, 2.75) is 31.6 Å². The number of aryl methyl sites for hydroxylation is 1. The molecule has 4 nitrogen and oxygen atoms in total. The zero-order valence-corrected chi connectivity index (χ0v) is 13.4. The van der Waals surface area contributed by atoms with Crippen LogP contribution >= 0.6 is 11.3 Å². The van der Waals surface area contributed by atoms with Crippen LogP contribution in [0.15, 0.2) is 24.3 Å². The molecule has 1 atom stereocenters. The van der Waals surface area contributed by atoms with E-state index in [0.717, 1.165) is 36.1 Å². The molecule has 2 aliphatic rings. The van der Waals surface area contributed by atoms with E-state index in [2.05, 4.69) is 11.4 Å². The van der Waals surface area contributed by atoms with Crippen LogP contribution in [0.4, 0.5) is 5.00 Å². The van der Waals surface area contributed by atoms with E-state index in [0.29, 0.717) is 23.6 Å². The molecule has 1 amide bonds. The summed E-state index contributed by atoms with van der Waals surface area (Å²) < 4.78 is 5.62. The molecule has 23 heavy (non-hydrogen) atoms. The Morgan fingerprint density at radius 3 is 3.09 bits per heavy atom. The quantitative estimate of drug-likeness (QED) is 0.918. The molecule has 0 spiro atoms. The molecule has 0 bridgehead atoms. The number of nitrogens with one attached hydrogen (secondary N) is 1. The van der Waals surface area contributed by atoms with Crippen molar-refractivity contribution in [2.75, 3.05) is 11.9 Å². The van der Waals surface area contributed by atoms with Gasteiger partial charge in [0.05, 0.1) is 18.1 Å². The Balaban J connectivity index is 1.62.